The normalized spacial score (nSPS) is 10.9. The molecule has 1 aromatic heterocycles. The molecule has 2 aromatic rings. The molecule has 3 heteroatoms. The van der Waals surface area contributed by atoms with E-state index >= 15 is 0 Å². The fourth-order valence-electron chi connectivity index (χ4n) is 1.42. The van der Waals surface area contributed by atoms with Crippen LogP contribution in [0.2, 0.25) is 5.02 Å². The lowest BCUT2D eigenvalue weighted by atomic mass is 10.2. The van der Waals surface area contributed by atoms with Crippen LogP contribution in [-0.4, -0.2) is 0 Å². The molecule has 1 aromatic carbocycles. The Morgan fingerprint density at radius 1 is 1.46 bits per heavy atom. The number of furan rings is 1. The van der Waals surface area contributed by atoms with Crippen molar-refractivity contribution < 1.29 is 4.42 Å². The maximum absolute atomic E-state index is 5.95. The van der Waals surface area contributed by atoms with Crippen LogP contribution < -0.4 is 5.73 Å². The summed E-state index contributed by atoms with van der Waals surface area (Å²) in [6.45, 7) is 2.00. The highest BCUT2D eigenvalue weighted by atomic mass is 35.5. The van der Waals surface area contributed by atoms with Gasteiger partial charge >= 0.3 is 0 Å². The van der Waals surface area contributed by atoms with Gasteiger partial charge in [0.2, 0.25) is 0 Å². The molecule has 0 radical (unpaired) electrons. The molecule has 0 fully saturated rings. The Kier molecular flexibility index (Phi) is 1.93. The van der Waals surface area contributed by atoms with Gasteiger partial charge < -0.3 is 10.2 Å². The highest BCUT2D eigenvalue weighted by Gasteiger charge is 2.11. The Morgan fingerprint density at radius 3 is 2.85 bits per heavy atom. The molecule has 13 heavy (non-hydrogen) atoms. The zero-order valence-electron chi connectivity index (χ0n) is 7.30. The standard InChI is InChI=1S/C10H10ClNO/c1-2-8-9(12)6-4-3-5-7(11)10(6)13-8/h3-5H,2,12H2,1H3. The smallest absolute Gasteiger partial charge is 0.155 e. The summed E-state index contributed by atoms with van der Waals surface area (Å²) in [6.07, 6.45) is 0.789. The Labute approximate surface area is 81.3 Å². The van der Waals surface area contributed by atoms with E-state index in [9.17, 15) is 0 Å². The molecule has 0 spiro atoms. The summed E-state index contributed by atoms with van der Waals surface area (Å²) in [6, 6.07) is 5.58. The minimum atomic E-state index is 0.615. The van der Waals surface area contributed by atoms with E-state index in [-0.39, 0.29) is 0 Å². The summed E-state index contributed by atoms with van der Waals surface area (Å²) in [5, 5.41) is 1.52. The van der Waals surface area contributed by atoms with Gasteiger partial charge in [-0.05, 0) is 12.1 Å². The summed E-state index contributed by atoms with van der Waals surface area (Å²) in [5.41, 5.74) is 7.27. The molecule has 0 saturated heterocycles. The maximum Gasteiger partial charge on any atom is 0.155 e. The molecule has 0 aliphatic carbocycles. The molecular formula is C10H10ClNO. The average molecular weight is 196 g/mol. The number of benzene rings is 1. The number of hydrogen-bond acceptors (Lipinski definition) is 2. The van der Waals surface area contributed by atoms with Crippen molar-refractivity contribution in [2.75, 3.05) is 5.73 Å². The lowest BCUT2D eigenvalue weighted by Crippen LogP contribution is -1.86. The number of nitrogen functional groups attached to an aromatic ring is 1. The molecule has 0 atom stereocenters. The number of rotatable bonds is 1. The van der Waals surface area contributed by atoms with Gasteiger partial charge in [0, 0.05) is 11.8 Å². The summed E-state index contributed by atoms with van der Waals surface area (Å²) in [4.78, 5) is 0. The van der Waals surface area contributed by atoms with E-state index in [0.717, 1.165) is 17.6 Å². The van der Waals surface area contributed by atoms with Crippen molar-refractivity contribution in [1.29, 1.82) is 0 Å². The Bertz CT molecular complexity index is 447. The van der Waals surface area contributed by atoms with Gasteiger partial charge in [-0.3, -0.25) is 0 Å². The van der Waals surface area contributed by atoms with Crippen molar-refractivity contribution in [2.45, 2.75) is 13.3 Å². The number of anilines is 1. The third-order valence-corrected chi connectivity index (χ3v) is 2.40. The first kappa shape index (κ1) is 8.45. The molecule has 2 rings (SSSR count). The topological polar surface area (TPSA) is 39.2 Å². The van der Waals surface area contributed by atoms with Gasteiger partial charge in [-0.2, -0.15) is 0 Å². The van der Waals surface area contributed by atoms with Gasteiger partial charge in [-0.25, -0.2) is 0 Å². The second kappa shape index (κ2) is 2.96. The highest BCUT2D eigenvalue weighted by Crippen LogP contribution is 2.32. The van der Waals surface area contributed by atoms with Crippen LogP contribution in [0.3, 0.4) is 0 Å². The average Bonchev–Trinajstić information content (AvgIpc) is 2.45. The first-order chi connectivity index (χ1) is 6.24. The van der Waals surface area contributed by atoms with Gasteiger partial charge in [0.25, 0.3) is 0 Å². The van der Waals surface area contributed by atoms with Crippen LogP contribution in [0.4, 0.5) is 5.69 Å². The summed E-state index contributed by atoms with van der Waals surface area (Å²) >= 11 is 5.95. The third-order valence-electron chi connectivity index (χ3n) is 2.10. The number of halogens is 1. The lowest BCUT2D eigenvalue weighted by molar-refractivity contribution is 0.559. The van der Waals surface area contributed by atoms with E-state index in [1.165, 1.54) is 0 Å². The largest absolute Gasteiger partial charge is 0.457 e. The number of para-hydroxylation sites is 1. The molecule has 0 amide bonds. The molecule has 0 unspecified atom stereocenters. The molecule has 2 nitrogen and oxygen atoms in total. The van der Waals surface area contributed by atoms with Crippen LogP contribution in [0.1, 0.15) is 12.7 Å². The minimum Gasteiger partial charge on any atom is -0.457 e. The first-order valence-electron chi connectivity index (χ1n) is 4.19. The first-order valence-corrected chi connectivity index (χ1v) is 4.57. The SMILES string of the molecule is CCc1oc2c(Cl)cccc2c1N. The minimum absolute atomic E-state index is 0.615. The predicted molar refractivity (Wildman–Crippen MR) is 55.0 cm³/mol. The quantitative estimate of drug-likeness (QED) is 0.759. The van der Waals surface area contributed by atoms with E-state index in [2.05, 4.69) is 0 Å². The monoisotopic (exact) mass is 195 g/mol. The van der Waals surface area contributed by atoms with Crippen LogP contribution in [0.25, 0.3) is 11.0 Å². The number of hydrogen-bond donors (Lipinski definition) is 1. The van der Waals surface area contributed by atoms with E-state index in [0.29, 0.717) is 16.3 Å². The Hall–Kier alpha value is -1.15. The number of nitrogens with two attached hydrogens (primary N) is 1. The third kappa shape index (κ3) is 1.18. The Morgan fingerprint density at radius 2 is 2.23 bits per heavy atom. The molecular weight excluding hydrogens is 186 g/mol. The zero-order valence-corrected chi connectivity index (χ0v) is 8.06. The van der Waals surface area contributed by atoms with Gasteiger partial charge in [0.15, 0.2) is 5.58 Å². The van der Waals surface area contributed by atoms with Crippen molar-refractivity contribution in [1.82, 2.24) is 0 Å². The van der Waals surface area contributed by atoms with Gasteiger partial charge in [-0.15, -0.1) is 0 Å². The van der Waals surface area contributed by atoms with Gasteiger partial charge in [0.1, 0.15) is 5.76 Å². The highest BCUT2D eigenvalue weighted by molar-refractivity contribution is 6.35. The fraction of sp³-hybridized carbons (Fsp3) is 0.200. The predicted octanol–water partition coefficient (Wildman–Crippen LogP) is 3.23. The van der Waals surface area contributed by atoms with Crippen LogP contribution in [0.5, 0.6) is 0 Å². The zero-order chi connectivity index (χ0) is 9.42. The van der Waals surface area contributed by atoms with Gasteiger partial charge in [0.05, 0.1) is 10.7 Å². The van der Waals surface area contributed by atoms with E-state index < -0.39 is 0 Å². The number of fused-ring (bicyclic) bond motifs is 1. The molecule has 68 valence electrons. The molecule has 0 saturated carbocycles. The lowest BCUT2D eigenvalue weighted by Gasteiger charge is -1.90. The van der Waals surface area contributed by atoms with Crippen molar-refractivity contribution >= 4 is 28.3 Å². The van der Waals surface area contributed by atoms with Crippen molar-refractivity contribution in [3.8, 4) is 0 Å². The second-order valence-corrected chi connectivity index (χ2v) is 3.32. The Balaban J connectivity index is 2.83. The summed E-state index contributed by atoms with van der Waals surface area (Å²) in [5.74, 6) is 0.808. The van der Waals surface area contributed by atoms with Crippen LogP contribution >= 0.6 is 11.6 Å². The van der Waals surface area contributed by atoms with E-state index in [1.807, 2.05) is 19.1 Å². The molecule has 0 bridgehead atoms. The van der Waals surface area contributed by atoms with Crippen LogP contribution in [0, 0.1) is 0 Å². The van der Waals surface area contributed by atoms with E-state index in [1.54, 1.807) is 6.07 Å². The van der Waals surface area contributed by atoms with Gasteiger partial charge in [-0.1, -0.05) is 24.6 Å². The molecule has 1 heterocycles. The van der Waals surface area contributed by atoms with Crippen molar-refractivity contribution in [2.24, 2.45) is 0 Å². The fourth-order valence-corrected chi connectivity index (χ4v) is 1.63. The summed E-state index contributed by atoms with van der Waals surface area (Å²) in [7, 11) is 0. The number of aryl methyl sites for hydroxylation is 1. The van der Waals surface area contributed by atoms with E-state index in [4.69, 9.17) is 21.8 Å². The summed E-state index contributed by atoms with van der Waals surface area (Å²) < 4.78 is 5.52. The molecule has 2 N–H and O–H groups in total. The molecule has 0 aliphatic heterocycles. The molecule has 0 aliphatic rings. The second-order valence-electron chi connectivity index (χ2n) is 2.91. The maximum atomic E-state index is 5.95. The van der Waals surface area contributed by atoms with Crippen molar-refractivity contribution in [3.05, 3.63) is 29.0 Å². The van der Waals surface area contributed by atoms with Crippen LogP contribution in [-0.2, 0) is 6.42 Å². The van der Waals surface area contributed by atoms with Crippen molar-refractivity contribution in [3.63, 3.8) is 0 Å². The van der Waals surface area contributed by atoms with Crippen LogP contribution in [0.15, 0.2) is 22.6 Å².